The molecular formula is C36H27BrIN3O3S. The second-order valence-corrected chi connectivity index (χ2v) is 13.2. The number of amides is 3. The number of rotatable bonds is 10. The van der Waals surface area contributed by atoms with Crippen molar-refractivity contribution in [2.75, 3.05) is 10.6 Å². The van der Waals surface area contributed by atoms with Crippen molar-refractivity contribution in [1.29, 1.82) is 0 Å². The zero-order valence-corrected chi connectivity index (χ0v) is 28.3. The predicted octanol–water partition coefficient (Wildman–Crippen LogP) is 8.94. The highest BCUT2D eigenvalue weighted by molar-refractivity contribution is 14.1. The van der Waals surface area contributed by atoms with Crippen LogP contribution in [0.15, 0.2) is 149 Å². The predicted molar refractivity (Wildman–Crippen MR) is 194 cm³/mol. The molecule has 0 fully saturated rings. The van der Waals surface area contributed by atoms with Gasteiger partial charge in [0.25, 0.3) is 11.8 Å². The van der Waals surface area contributed by atoms with Crippen molar-refractivity contribution in [2.24, 2.45) is 0 Å². The maximum Gasteiger partial charge on any atom is 0.272 e. The summed E-state index contributed by atoms with van der Waals surface area (Å²) in [5.41, 5.74) is 3.33. The van der Waals surface area contributed by atoms with Crippen LogP contribution in [0.2, 0.25) is 0 Å². The monoisotopic (exact) mass is 787 g/mol. The van der Waals surface area contributed by atoms with Crippen molar-refractivity contribution >= 4 is 85.5 Å². The van der Waals surface area contributed by atoms with Crippen molar-refractivity contribution in [3.63, 3.8) is 0 Å². The lowest BCUT2D eigenvalue weighted by atomic mass is 10.1. The highest BCUT2D eigenvalue weighted by Crippen LogP contribution is 2.37. The van der Waals surface area contributed by atoms with Crippen molar-refractivity contribution in [1.82, 2.24) is 5.32 Å². The van der Waals surface area contributed by atoms with Crippen LogP contribution in [0.25, 0.3) is 6.08 Å². The van der Waals surface area contributed by atoms with Gasteiger partial charge in [0, 0.05) is 29.9 Å². The molecule has 0 saturated heterocycles. The fraction of sp³-hybridized carbons (Fsp3) is 0.0278. The highest BCUT2D eigenvalue weighted by Gasteiger charge is 2.23. The maximum absolute atomic E-state index is 13.6. The van der Waals surface area contributed by atoms with Gasteiger partial charge in [-0.1, -0.05) is 82.7 Å². The fourth-order valence-electron chi connectivity index (χ4n) is 4.33. The quantitative estimate of drug-likeness (QED) is 0.0750. The normalized spacial score (nSPS) is 11.7. The lowest BCUT2D eigenvalue weighted by molar-refractivity contribution is -0.116. The average Bonchev–Trinajstić information content (AvgIpc) is 3.05. The Kier molecular flexibility index (Phi) is 11.2. The van der Waals surface area contributed by atoms with Gasteiger partial charge in [-0.05, 0) is 107 Å². The number of carbonyl (C=O) groups excluding carboxylic acids is 3. The van der Waals surface area contributed by atoms with E-state index in [0.29, 0.717) is 16.9 Å². The first kappa shape index (κ1) is 32.2. The SMILES string of the molecule is O=C(Nc1cccc(SC(C(=O)Nc2ccc(I)cc2)c2ccccc2)c1)/C(=C\c1cccc(Br)c1)NC(=O)c1ccccc1. The lowest BCUT2D eigenvalue weighted by Crippen LogP contribution is -2.30. The van der Waals surface area contributed by atoms with Crippen molar-refractivity contribution in [3.05, 3.63) is 164 Å². The molecule has 5 aromatic rings. The van der Waals surface area contributed by atoms with Gasteiger partial charge in [-0.15, -0.1) is 11.8 Å². The van der Waals surface area contributed by atoms with E-state index in [1.807, 2.05) is 103 Å². The molecule has 224 valence electrons. The summed E-state index contributed by atoms with van der Waals surface area (Å²) in [6, 6.07) is 40.6. The number of nitrogens with one attached hydrogen (secondary N) is 3. The van der Waals surface area contributed by atoms with E-state index in [1.54, 1.807) is 36.4 Å². The third-order valence-electron chi connectivity index (χ3n) is 6.49. The summed E-state index contributed by atoms with van der Waals surface area (Å²) in [7, 11) is 0. The van der Waals surface area contributed by atoms with Crippen molar-refractivity contribution in [2.45, 2.75) is 10.1 Å². The third kappa shape index (κ3) is 9.40. The Hall–Kier alpha value is -4.19. The minimum atomic E-state index is -0.548. The summed E-state index contributed by atoms with van der Waals surface area (Å²) < 4.78 is 1.92. The smallest absolute Gasteiger partial charge is 0.272 e. The molecule has 0 saturated carbocycles. The van der Waals surface area contributed by atoms with Gasteiger partial charge in [0.2, 0.25) is 5.91 Å². The minimum absolute atomic E-state index is 0.0825. The summed E-state index contributed by atoms with van der Waals surface area (Å²) in [5.74, 6) is -1.05. The van der Waals surface area contributed by atoms with Gasteiger partial charge < -0.3 is 16.0 Å². The first-order chi connectivity index (χ1) is 21.8. The Morgan fingerprint density at radius 1 is 0.711 bits per heavy atom. The zero-order chi connectivity index (χ0) is 31.6. The Morgan fingerprint density at radius 2 is 1.40 bits per heavy atom. The molecule has 0 aliphatic rings. The van der Waals surface area contributed by atoms with Crippen LogP contribution in [0.5, 0.6) is 0 Å². The molecule has 5 aromatic carbocycles. The van der Waals surface area contributed by atoms with Crippen LogP contribution in [0.3, 0.4) is 0 Å². The van der Waals surface area contributed by atoms with E-state index in [2.05, 4.69) is 54.5 Å². The second kappa shape index (κ2) is 15.7. The van der Waals surface area contributed by atoms with E-state index in [1.165, 1.54) is 11.8 Å². The topological polar surface area (TPSA) is 87.3 Å². The largest absolute Gasteiger partial charge is 0.325 e. The van der Waals surface area contributed by atoms with E-state index < -0.39 is 17.1 Å². The van der Waals surface area contributed by atoms with Crippen LogP contribution in [0.4, 0.5) is 11.4 Å². The van der Waals surface area contributed by atoms with Gasteiger partial charge in [-0.25, -0.2) is 0 Å². The van der Waals surface area contributed by atoms with Crippen LogP contribution < -0.4 is 16.0 Å². The number of hydrogen-bond donors (Lipinski definition) is 3. The molecular weight excluding hydrogens is 761 g/mol. The molecule has 1 unspecified atom stereocenters. The van der Waals surface area contributed by atoms with Crippen LogP contribution >= 0.6 is 50.3 Å². The Morgan fingerprint density at radius 3 is 2.11 bits per heavy atom. The first-order valence-electron chi connectivity index (χ1n) is 13.9. The summed E-state index contributed by atoms with van der Waals surface area (Å²) >= 11 is 7.06. The number of thioether (sulfide) groups is 1. The molecule has 0 radical (unpaired) electrons. The van der Waals surface area contributed by atoms with E-state index in [9.17, 15) is 14.4 Å². The van der Waals surface area contributed by atoms with Gasteiger partial charge in [0.1, 0.15) is 10.9 Å². The Labute approximate surface area is 288 Å². The van der Waals surface area contributed by atoms with Gasteiger partial charge >= 0.3 is 0 Å². The fourth-order valence-corrected chi connectivity index (χ4v) is 6.19. The van der Waals surface area contributed by atoms with E-state index >= 15 is 0 Å². The number of benzene rings is 5. The molecule has 0 aliphatic carbocycles. The summed E-state index contributed by atoms with van der Waals surface area (Å²) in [6.45, 7) is 0. The zero-order valence-electron chi connectivity index (χ0n) is 23.7. The van der Waals surface area contributed by atoms with Crippen molar-refractivity contribution in [3.8, 4) is 0 Å². The van der Waals surface area contributed by atoms with Gasteiger partial charge in [-0.2, -0.15) is 0 Å². The van der Waals surface area contributed by atoms with E-state index in [4.69, 9.17) is 0 Å². The molecule has 9 heteroatoms. The number of halogens is 2. The summed E-state index contributed by atoms with van der Waals surface area (Å²) in [5, 5.41) is 8.16. The minimum Gasteiger partial charge on any atom is -0.325 e. The molecule has 3 N–H and O–H groups in total. The van der Waals surface area contributed by atoms with E-state index in [0.717, 1.165) is 24.1 Å². The lowest BCUT2D eigenvalue weighted by Gasteiger charge is -2.18. The van der Waals surface area contributed by atoms with E-state index in [-0.39, 0.29) is 11.6 Å². The van der Waals surface area contributed by atoms with Crippen LogP contribution in [0.1, 0.15) is 26.7 Å². The Balaban J connectivity index is 1.37. The molecule has 0 spiro atoms. The summed E-state index contributed by atoms with van der Waals surface area (Å²) in [6.07, 6.45) is 1.62. The molecule has 0 aliphatic heterocycles. The van der Waals surface area contributed by atoms with Crippen LogP contribution in [0, 0.1) is 3.57 Å². The number of carbonyl (C=O) groups is 3. The Bertz CT molecular complexity index is 1830. The highest BCUT2D eigenvalue weighted by atomic mass is 127. The second-order valence-electron chi connectivity index (χ2n) is 9.82. The number of anilines is 2. The molecule has 0 bridgehead atoms. The van der Waals surface area contributed by atoms with Crippen molar-refractivity contribution < 1.29 is 14.4 Å². The molecule has 3 amide bonds. The first-order valence-corrected chi connectivity index (χ1v) is 16.6. The molecule has 0 aromatic heterocycles. The average molecular weight is 789 g/mol. The van der Waals surface area contributed by atoms with Crippen LogP contribution in [-0.4, -0.2) is 17.7 Å². The third-order valence-corrected chi connectivity index (χ3v) is 8.95. The summed E-state index contributed by atoms with van der Waals surface area (Å²) in [4.78, 5) is 40.9. The molecule has 1 atom stereocenters. The maximum atomic E-state index is 13.6. The van der Waals surface area contributed by atoms with Crippen LogP contribution in [-0.2, 0) is 9.59 Å². The standard InChI is InChI=1S/C36H27BrIN3O3S/c37-27-14-7-9-24(21-27)22-32(41-34(42)26-12-5-2-6-13-26)35(43)40-30-15-8-16-31(23-30)45-33(25-10-3-1-4-11-25)36(44)39-29-19-17-28(38)18-20-29/h1-23,33H,(H,39,44)(H,40,43)(H,41,42)/b32-22+. The number of hydrogen-bond acceptors (Lipinski definition) is 4. The van der Waals surface area contributed by atoms with Gasteiger partial charge in [-0.3, -0.25) is 14.4 Å². The molecule has 0 heterocycles. The molecule has 45 heavy (non-hydrogen) atoms. The van der Waals surface area contributed by atoms with Gasteiger partial charge in [0.05, 0.1) is 0 Å². The molecule has 5 rings (SSSR count). The molecule has 6 nitrogen and oxygen atoms in total. The van der Waals surface area contributed by atoms with Gasteiger partial charge in [0.15, 0.2) is 0 Å².